The zero-order chi connectivity index (χ0) is 13.3. The van der Waals surface area contributed by atoms with Crippen LogP contribution in [-0.4, -0.2) is 30.6 Å². The summed E-state index contributed by atoms with van der Waals surface area (Å²) in [5.41, 5.74) is 0. The van der Waals surface area contributed by atoms with Crippen LogP contribution in [0.5, 0.6) is 0 Å². The van der Waals surface area contributed by atoms with Crippen molar-refractivity contribution in [3.63, 3.8) is 0 Å². The van der Waals surface area contributed by atoms with Crippen molar-refractivity contribution < 1.29 is 17.2 Å². The molecule has 1 aliphatic heterocycles. The molecule has 1 aromatic rings. The van der Waals surface area contributed by atoms with Crippen LogP contribution >= 0.6 is 15.9 Å². The average molecular weight is 340 g/mol. The van der Waals surface area contributed by atoms with Gasteiger partial charge in [0.15, 0.2) is 0 Å². The van der Waals surface area contributed by atoms with E-state index in [2.05, 4.69) is 15.9 Å². The Balaban J connectivity index is 2.42. The maximum atomic E-state index is 13.6. The third-order valence-corrected chi connectivity index (χ3v) is 5.71. The molecule has 1 unspecified atom stereocenters. The van der Waals surface area contributed by atoms with Gasteiger partial charge in [0.2, 0.25) is 10.0 Å². The Morgan fingerprint density at radius 2 is 2.11 bits per heavy atom. The SMILES string of the molecule is O=S(=O)(c1ccc(F)cc1F)N1CCCC1CBr. The van der Waals surface area contributed by atoms with Crippen LogP contribution in [0.25, 0.3) is 0 Å². The number of benzene rings is 1. The van der Waals surface area contributed by atoms with Crippen molar-refractivity contribution >= 4 is 26.0 Å². The first-order chi connectivity index (χ1) is 8.46. The number of nitrogens with zero attached hydrogens (tertiary/aromatic N) is 1. The van der Waals surface area contributed by atoms with Crippen molar-refractivity contribution in [1.29, 1.82) is 0 Å². The lowest BCUT2D eigenvalue weighted by Gasteiger charge is -2.22. The lowest BCUT2D eigenvalue weighted by atomic mass is 10.3. The van der Waals surface area contributed by atoms with Crippen molar-refractivity contribution in [3.05, 3.63) is 29.8 Å². The molecule has 100 valence electrons. The molecular weight excluding hydrogens is 328 g/mol. The predicted molar refractivity (Wildman–Crippen MR) is 67.1 cm³/mol. The Bertz CT molecular complexity index is 550. The summed E-state index contributed by atoms with van der Waals surface area (Å²) in [6.07, 6.45) is 1.49. The van der Waals surface area contributed by atoms with E-state index in [1.165, 1.54) is 4.31 Å². The average Bonchev–Trinajstić information content (AvgIpc) is 2.76. The van der Waals surface area contributed by atoms with Gasteiger partial charge < -0.3 is 0 Å². The minimum atomic E-state index is -3.89. The fourth-order valence-corrected chi connectivity index (χ4v) is 4.70. The Morgan fingerprint density at radius 1 is 1.39 bits per heavy atom. The largest absolute Gasteiger partial charge is 0.246 e. The standard InChI is InChI=1S/C11H12BrF2NO2S/c12-7-9-2-1-5-15(9)18(16,17)11-4-3-8(13)6-10(11)14/h3-4,6,9H,1-2,5,7H2. The molecule has 0 saturated carbocycles. The van der Waals surface area contributed by atoms with Gasteiger partial charge in [0, 0.05) is 24.0 Å². The molecule has 0 N–H and O–H groups in total. The molecule has 1 heterocycles. The number of alkyl halides is 1. The molecule has 2 rings (SSSR count). The van der Waals surface area contributed by atoms with Crippen LogP contribution in [0, 0.1) is 11.6 Å². The summed E-state index contributed by atoms with van der Waals surface area (Å²) in [7, 11) is -3.89. The summed E-state index contributed by atoms with van der Waals surface area (Å²) in [6, 6.07) is 2.35. The van der Waals surface area contributed by atoms with Crippen molar-refractivity contribution in [2.45, 2.75) is 23.8 Å². The van der Waals surface area contributed by atoms with Gasteiger partial charge in [-0.3, -0.25) is 0 Å². The van der Waals surface area contributed by atoms with E-state index in [0.29, 0.717) is 17.9 Å². The normalized spacial score (nSPS) is 21.4. The maximum absolute atomic E-state index is 13.6. The van der Waals surface area contributed by atoms with E-state index in [0.717, 1.165) is 25.0 Å². The minimum Gasteiger partial charge on any atom is -0.207 e. The van der Waals surface area contributed by atoms with E-state index in [4.69, 9.17) is 0 Å². The molecule has 0 radical (unpaired) electrons. The fourth-order valence-electron chi connectivity index (χ4n) is 2.09. The summed E-state index contributed by atoms with van der Waals surface area (Å²) >= 11 is 3.25. The van der Waals surface area contributed by atoms with Gasteiger partial charge in [-0.1, -0.05) is 15.9 Å². The predicted octanol–water partition coefficient (Wildman–Crippen LogP) is 2.51. The van der Waals surface area contributed by atoms with E-state index in [1.54, 1.807) is 0 Å². The van der Waals surface area contributed by atoms with Crippen molar-refractivity contribution in [1.82, 2.24) is 4.31 Å². The zero-order valence-corrected chi connectivity index (χ0v) is 11.8. The Kier molecular flexibility index (Phi) is 4.03. The van der Waals surface area contributed by atoms with Gasteiger partial charge in [-0.05, 0) is 25.0 Å². The molecule has 1 saturated heterocycles. The van der Waals surface area contributed by atoms with Gasteiger partial charge in [0.25, 0.3) is 0 Å². The number of hydrogen-bond donors (Lipinski definition) is 0. The van der Waals surface area contributed by atoms with Crippen molar-refractivity contribution in [2.24, 2.45) is 0 Å². The highest BCUT2D eigenvalue weighted by Crippen LogP contribution is 2.28. The van der Waals surface area contributed by atoms with Crippen LogP contribution in [0.4, 0.5) is 8.78 Å². The molecule has 18 heavy (non-hydrogen) atoms. The molecule has 3 nitrogen and oxygen atoms in total. The lowest BCUT2D eigenvalue weighted by Crippen LogP contribution is -2.36. The highest BCUT2D eigenvalue weighted by atomic mass is 79.9. The quantitative estimate of drug-likeness (QED) is 0.793. The van der Waals surface area contributed by atoms with E-state index in [-0.39, 0.29) is 6.04 Å². The topological polar surface area (TPSA) is 37.4 Å². The van der Waals surface area contributed by atoms with Gasteiger partial charge in [0.05, 0.1) is 0 Å². The second-order valence-corrected chi connectivity index (χ2v) is 6.65. The minimum absolute atomic E-state index is 0.167. The highest BCUT2D eigenvalue weighted by Gasteiger charge is 2.36. The Labute approximate surface area is 113 Å². The van der Waals surface area contributed by atoms with E-state index >= 15 is 0 Å². The summed E-state index contributed by atoms with van der Waals surface area (Å²) < 4.78 is 52.2. The Morgan fingerprint density at radius 3 is 2.72 bits per heavy atom. The van der Waals surface area contributed by atoms with Crippen LogP contribution in [0.15, 0.2) is 23.1 Å². The van der Waals surface area contributed by atoms with Gasteiger partial charge in [-0.25, -0.2) is 17.2 Å². The summed E-state index contributed by atoms with van der Waals surface area (Å²) in [4.78, 5) is -0.461. The summed E-state index contributed by atoms with van der Waals surface area (Å²) in [5.74, 6) is -1.83. The first kappa shape index (κ1) is 13.9. The van der Waals surface area contributed by atoms with Crippen molar-refractivity contribution in [2.75, 3.05) is 11.9 Å². The van der Waals surface area contributed by atoms with Crippen LogP contribution in [0.3, 0.4) is 0 Å². The summed E-state index contributed by atoms with van der Waals surface area (Å²) in [5, 5.41) is 0.509. The number of sulfonamides is 1. The van der Waals surface area contributed by atoms with E-state index < -0.39 is 26.6 Å². The Hall–Kier alpha value is -0.530. The van der Waals surface area contributed by atoms with Crippen molar-refractivity contribution in [3.8, 4) is 0 Å². The first-order valence-electron chi connectivity index (χ1n) is 5.49. The molecule has 0 bridgehead atoms. The third-order valence-electron chi connectivity index (χ3n) is 2.98. The zero-order valence-electron chi connectivity index (χ0n) is 9.44. The van der Waals surface area contributed by atoms with Gasteiger partial charge in [-0.2, -0.15) is 4.31 Å². The van der Waals surface area contributed by atoms with Crippen LogP contribution in [0.1, 0.15) is 12.8 Å². The second-order valence-electron chi connectivity index (χ2n) is 4.14. The van der Waals surface area contributed by atoms with E-state index in [1.807, 2.05) is 0 Å². The van der Waals surface area contributed by atoms with E-state index in [9.17, 15) is 17.2 Å². The molecule has 1 aliphatic rings. The molecule has 1 fully saturated rings. The van der Waals surface area contributed by atoms with Crippen LogP contribution in [-0.2, 0) is 10.0 Å². The van der Waals surface area contributed by atoms with Gasteiger partial charge in [-0.15, -0.1) is 0 Å². The molecule has 0 spiro atoms. The summed E-state index contributed by atoms with van der Waals surface area (Å²) in [6.45, 7) is 0.370. The van der Waals surface area contributed by atoms with Gasteiger partial charge >= 0.3 is 0 Å². The van der Waals surface area contributed by atoms with Crippen LogP contribution < -0.4 is 0 Å². The third kappa shape index (κ3) is 2.44. The van der Waals surface area contributed by atoms with Gasteiger partial charge in [0.1, 0.15) is 16.5 Å². The number of hydrogen-bond acceptors (Lipinski definition) is 2. The second kappa shape index (κ2) is 5.22. The smallest absolute Gasteiger partial charge is 0.207 e. The number of halogens is 3. The first-order valence-corrected chi connectivity index (χ1v) is 8.06. The fraction of sp³-hybridized carbons (Fsp3) is 0.455. The lowest BCUT2D eigenvalue weighted by molar-refractivity contribution is 0.409. The van der Waals surface area contributed by atoms with Crippen LogP contribution in [0.2, 0.25) is 0 Å². The molecule has 0 amide bonds. The highest BCUT2D eigenvalue weighted by molar-refractivity contribution is 9.09. The monoisotopic (exact) mass is 339 g/mol. The molecular formula is C11H12BrF2NO2S. The molecule has 0 aliphatic carbocycles. The molecule has 7 heteroatoms. The molecule has 0 aromatic heterocycles. The number of rotatable bonds is 3. The maximum Gasteiger partial charge on any atom is 0.246 e. The molecule has 1 aromatic carbocycles. The molecule has 1 atom stereocenters.